The highest BCUT2D eigenvalue weighted by atomic mass is 35.5. The van der Waals surface area contributed by atoms with Crippen LogP contribution in [0.4, 0.5) is 5.69 Å². The Bertz CT molecular complexity index is 641. The maximum absolute atomic E-state index is 11.9. The van der Waals surface area contributed by atoms with Crippen molar-refractivity contribution in [2.45, 2.75) is 20.0 Å². The molecule has 106 valence electrons. The minimum Gasteiger partial charge on any atom is -0.325 e. The van der Waals surface area contributed by atoms with Gasteiger partial charge in [0, 0.05) is 11.6 Å². The van der Waals surface area contributed by atoms with Crippen molar-refractivity contribution < 1.29 is 4.79 Å². The van der Waals surface area contributed by atoms with Crippen LogP contribution < -0.4 is 11.1 Å². The second-order valence-electron chi connectivity index (χ2n) is 4.16. The first-order chi connectivity index (χ1) is 9.51. The van der Waals surface area contributed by atoms with Gasteiger partial charge in [0.05, 0.1) is 22.1 Å². The molecule has 0 saturated heterocycles. The number of hydrogen-bond donors (Lipinski definition) is 2. The van der Waals surface area contributed by atoms with E-state index in [1.54, 1.807) is 18.2 Å². The number of carbonyl (C=O) groups excluding carboxylic acids is 1. The zero-order valence-corrected chi connectivity index (χ0v) is 12.2. The van der Waals surface area contributed by atoms with Crippen molar-refractivity contribution in [2.75, 3.05) is 5.32 Å². The Hall–Kier alpha value is -1.63. The van der Waals surface area contributed by atoms with Crippen molar-refractivity contribution in [1.82, 2.24) is 15.0 Å². The van der Waals surface area contributed by atoms with Gasteiger partial charge in [0.25, 0.3) is 0 Å². The second kappa shape index (κ2) is 6.21. The fourth-order valence-corrected chi connectivity index (χ4v) is 2.11. The highest BCUT2D eigenvalue weighted by molar-refractivity contribution is 6.36. The molecule has 0 fully saturated rings. The Labute approximate surface area is 125 Å². The van der Waals surface area contributed by atoms with Gasteiger partial charge in [0.1, 0.15) is 6.54 Å². The average molecular weight is 314 g/mol. The third-order valence-electron chi connectivity index (χ3n) is 2.77. The molecule has 20 heavy (non-hydrogen) atoms. The van der Waals surface area contributed by atoms with Crippen LogP contribution in [0.15, 0.2) is 18.2 Å². The number of aromatic nitrogens is 3. The minimum absolute atomic E-state index is 0.0395. The van der Waals surface area contributed by atoms with Gasteiger partial charge < -0.3 is 11.1 Å². The summed E-state index contributed by atoms with van der Waals surface area (Å²) in [7, 11) is 0. The summed E-state index contributed by atoms with van der Waals surface area (Å²) >= 11 is 11.8. The van der Waals surface area contributed by atoms with Crippen LogP contribution in [0.25, 0.3) is 0 Å². The number of benzene rings is 1. The zero-order valence-electron chi connectivity index (χ0n) is 10.7. The number of halogens is 2. The number of rotatable bonds is 4. The lowest BCUT2D eigenvalue weighted by atomic mass is 10.3. The fourth-order valence-electron chi connectivity index (χ4n) is 1.65. The molecule has 2 aromatic rings. The van der Waals surface area contributed by atoms with E-state index >= 15 is 0 Å². The molecule has 0 bridgehead atoms. The Morgan fingerprint density at radius 2 is 2.20 bits per heavy atom. The van der Waals surface area contributed by atoms with Gasteiger partial charge in [-0.2, -0.15) is 0 Å². The summed E-state index contributed by atoms with van der Waals surface area (Å²) in [5.74, 6) is -0.259. The van der Waals surface area contributed by atoms with E-state index in [-0.39, 0.29) is 19.0 Å². The summed E-state index contributed by atoms with van der Waals surface area (Å²) in [5, 5.41) is 11.3. The zero-order chi connectivity index (χ0) is 14.7. The van der Waals surface area contributed by atoms with Gasteiger partial charge in [-0.3, -0.25) is 4.79 Å². The number of nitrogens with two attached hydrogens (primary N) is 1. The molecular formula is C12H13Cl2N5O. The van der Waals surface area contributed by atoms with E-state index in [2.05, 4.69) is 15.6 Å². The van der Waals surface area contributed by atoms with Crippen molar-refractivity contribution >= 4 is 34.8 Å². The van der Waals surface area contributed by atoms with Gasteiger partial charge >= 0.3 is 0 Å². The van der Waals surface area contributed by atoms with Gasteiger partial charge in [-0.05, 0) is 25.1 Å². The van der Waals surface area contributed by atoms with Crippen LogP contribution in [0, 0.1) is 6.92 Å². The Morgan fingerprint density at radius 3 is 2.80 bits per heavy atom. The molecule has 0 spiro atoms. The number of amides is 1. The van der Waals surface area contributed by atoms with E-state index in [0.29, 0.717) is 21.4 Å². The molecule has 2 rings (SSSR count). The molecule has 0 atom stereocenters. The Balaban J connectivity index is 2.07. The van der Waals surface area contributed by atoms with Crippen LogP contribution >= 0.6 is 23.2 Å². The van der Waals surface area contributed by atoms with E-state index in [0.717, 1.165) is 5.69 Å². The molecule has 0 unspecified atom stereocenters. The maximum atomic E-state index is 11.9. The molecule has 6 nitrogen and oxygen atoms in total. The predicted octanol–water partition coefficient (Wildman–Crippen LogP) is 1.99. The van der Waals surface area contributed by atoms with Crippen LogP contribution in [-0.4, -0.2) is 20.9 Å². The number of hydrogen-bond acceptors (Lipinski definition) is 4. The second-order valence-corrected chi connectivity index (χ2v) is 5.00. The highest BCUT2D eigenvalue weighted by Crippen LogP contribution is 2.25. The van der Waals surface area contributed by atoms with Gasteiger partial charge in [-0.15, -0.1) is 5.10 Å². The maximum Gasteiger partial charge on any atom is 0.246 e. The third kappa shape index (κ3) is 3.27. The van der Waals surface area contributed by atoms with E-state index in [4.69, 9.17) is 28.9 Å². The van der Waals surface area contributed by atoms with Crippen molar-refractivity contribution in [3.63, 3.8) is 0 Å². The SMILES string of the molecule is Cc1c(CN)nnn1CC(=O)Nc1ccc(Cl)cc1Cl. The van der Waals surface area contributed by atoms with Gasteiger partial charge in [0.15, 0.2) is 0 Å². The third-order valence-corrected chi connectivity index (χ3v) is 3.32. The number of anilines is 1. The summed E-state index contributed by atoms with van der Waals surface area (Å²) in [4.78, 5) is 11.9. The molecular weight excluding hydrogens is 301 g/mol. The van der Waals surface area contributed by atoms with E-state index in [1.165, 1.54) is 4.68 Å². The summed E-state index contributed by atoms with van der Waals surface area (Å²) < 4.78 is 1.49. The van der Waals surface area contributed by atoms with Crippen molar-refractivity contribution in [3.8, 4) is 0 Å². The molecule has 0 saturated carbocycles. The smallest absolute Gasteiger partial charge is 0.246 e. The summed E-state index contributed by atoms with van der Waals surface area (Å²) in [5.41, 5.74) is 7.44. The largest absolute Gasteiger partial charge is 0.325 e. The van der Waals surface area contributed by atoms with Crippen LogP contribution in [0.3, 0.4) is 0 Å². The van der Waals surface area contributed by atoms with Gasteiger partial charge in [-0.25, -0.2) is 4.68 Å². The number of carbonyl (C=O) groups is 1. The summed E-state index contributed by atoms with van der Waals surface area (Å²) in [6.45, 7) is 2.14. The molecule has 0 aliphatic carbocycles. The van der Waals surface area contributed by atoms with E-state index in [9.17, 15) is 4.79 Å². The summed E-state index contributed by atoms with van der Waals surface area (Å²) in [6, 6.07) is 4.85. The van der Waals surface area contributed by atoms with E-state index < -0.39 is 0 Å². The Morgan fingerprint density at radius 1 is 1.45 bits per heavy atom. The first-order valence-corrected chi connectivity index (χ1v) is 6.60. The molecule has 3 N–H and O–H groups in total. The van der Waals surface area contributed by atoms with Crippen molar-refractivity contribution in [1.29, 1.82) is 0 Å². The monoisotopic (exact) mass is 313 g/mol. The fraction of sp³-hybridized carbons (Fsp3) is 0.250. The number of nitrogens with zero attached hydrogens (tertiary/aromatic N) is 3. The molecule has 8 heteroatoms. The normalized spacial score (nSPS) is 10.6. The van der Waals surface area contributed by atoms with Gasteiger partial charge in [0.2, 0.25) is 5.91 Å². The van der Waals surface area contributed by atoms with Crippen molar-refractivity contribution in [2.24, 2.45) is 5.73 Å². The van der Waals surface area contributed by atoms with E-state index in [1.807, 2.05) is 6.92 Å². The summed E-state index contributed by atoms with van der Waals surface area (Å²) in [6.07, 6.45) is 0. The lowest BCUT2D eigenvalue weighted by Gasteiger charge is -2.08. The van der Waals surface area contributed by atoms with Crippen LogP contribution in [-0.2, 0) is 17.9 Å². The Kier molecular flexibility index (Phi) is 4.59. The lowest BCUT2D eigenvalue weighted by Crippen LogP contribution is -2.20. The predicted molar refractivity (Wildman–Crippen MR) is 77.7 cm³/mol. The molecule has 0 aliphatic rings. The molecule has 1 aromatic carbocycles. The van der Waals surface area contributed by atoms with Gasteiger partial charge in [-0.1, -0.05) is 28.4 Å². The quantitative estimate of drug-likeness (QED) is 0.903. The van der Waals surface area contributed by atoms with Crippen LogP contribution in [0.5, 0.6) is 0 Å². The first-order valence-electron chi connectivity index (χ1n) is 5.85. The molecule has 1 amide bonds. The first kappa shape index (κ1) is 14.8. The highest BCUT2D eigenvalue weighted by Gasteiger charge is 2.12. The lowest BCUT2D eigenvalue weighted by molar-refractivity contribution is -0.117. The number of nitrogens with one attached hydrogen (secondary N) is 1. The standard InChI is InChI=1S/C12H13Cl2N5O/c1-7-11(5-15)17-18-19(7)6-12(20)16-10-3-2-8(13)4-9(10)14/h2-4H,5-6,15H2,1H3,(H,16,20). The minimum atomic E-state index is -0.259. The van der Waals surface area contributed by atoms with Crippen LogP contribution in [0.2, 0.25) is 10.0 Å². The topological polar surface area (TPSA) is 85.8 Å². The molecule has 1 aromatic heterocycles. The average Bonchev–Trinajstić information content (AvgIpc) is 2.74. The van der Waals surface area contributed by atoms with Crippen LogP contribution in [0.1, 0.15) is 11.4 Å². The van der Waals surface area contributed by atoms with Crippen molar-refractivity contribution in [3.05, 3.63) is 39.6 Å². The molecule has 0 radical (unpaired) electrons. The molecule has 1 heterocycles. The molecule has 0 aliphatic heterocycles.